The van der Waals surface area contributed by atoms with Gasteiger partial charge in [-0.05, 0) is 58.2 Å². The number of nitrogens with one attached hydrogen (secondary N) is 1. The van der Waals surface area contributed by atoms with Crippen LogP contribution in [0.25, 0.3) is 0 Å². The van der Waals surface area contributed by atoms with Crippen LogP contribution in [0.5, 0.6) is 0 Å². The summed E-state index contributed by atoms with van der Waals surface area (Å²) in [7, 11) is -0.578. The zero-order valence-corrected chi connectivity index (χ0v) is 21.7. The lowest BCUT2D eigenvalue weighted by molar-refractivity contribution is -0.150. The fourth-order valence-electron chi connectivity index (χ4n) is 4.14. The van der Waals surface area contributed by atoms with Gasteiger partial charge >= 0.3 is 19.4 Å². The molecule has 0 aliphatic carbocycles. The van der Waals surface area contributed by atoms with Crippen LogP contribution >= 0.6 is 0 Å². The third kappa shape index (κ3) is 9.66. The molecule has 1 aromatic carbocycles. The van der Waals surface area contributed by atoms with E-state index in [1.165, 1.54) is 31.9 Å². The first-order chi connectivity index (χ1) is 17.7. The lowest BCUT2D eigenvalue weighted by atomic mass is 9.76. The molecule has 9 nitrogen and oxygen atoms in total. The van der Waals surface area contributed by atoms with E-state index in [0.29, 0.717) is 12.8 Å². The molecular formula is C25H34BF3N4O5. The smallest absolute Gasteiger partial charge is 0.447 e. The first kappa shape index (κ1) is 31.1. The van der Waals surface area contributed by atoms with E-state index in [9.17, 15) is 38.1 Å². The van der Waals surface area contributed by atoms with Crippen molar-refractivity contribution in [2.45, 2.75) is 63.2 Å². The van der Waals surface area contributed by atoms with Crippen molar-refractivity contribution in [1.82, 2.24) is 15.1 Å². The maximum atomic E-state index is 13.2. The van der Waals surface area contributed by atoms with Crippen molar-refractivity contribution >= 4 is 19.1 Å². The number of nitriles is 1. The number of alkyl carbamates (subject to hydrolysis) is 1. The van der Waals surface area contributed by atoms with Crippen LogP contribution in [0.3, 0.4) is 0 Å². The average molecular weight is 538 g/mol. The minimum Gasteiger partial charge on any atom is -0.447 e. The maximum Gasteiger partial charge on any atom is 0.475 e. The lowest BCUT2D eigenvalue weighted by Crippen LogP contribution is -2.50. The highest BCUT2D eigenvalue weighted by Crippen LogP contribution is 2.25. The Morgan fingerprint density at radius 1 is 1.29 bits per heavy atom. The number of alkyl halides is 3. The van der Waals surface area contributed by atoms with Crippen LogP contribution in [-0.2, 0) is 16.0 Å². The fourth-order valence-corrected chi connectivity index (χ4v) is 4.14. The second kappa shape index (κ2) is 13.6. The number of hydrogen-bond donors (Lipinski definition) is 3. The number of ether oxygens (including phenoxy) is 1. The van der Waals surface area contributed by atoms with Crippen LogP contribution in [0.1, 0.15) is 38.7 Å². The molecule has 1 saturated heterocycles. The Balaban J connectivity index is 2.06. The van der Waals surface area contributed by atoms with Crippen molar-refractivity contribution in [3.8, 4) is 6.07 Å². The van der Waals surface area contributed by atoms with E-state index in [4.69, 9.17) is 4.74 Å². The predicted molar refractivity (Wildman–Crippen MR) is 134 cm³/mol. The molecule has 1 heterocycles. The molecule has 0 saturated carbocycles. The first-order valence-electron chi connectivity index (χ1n) is 12.3. The molecule has 0 radical (unpaired) electrons. The number of halogens is 3. The third-order valence-corrected chi connectivity index (χ3v) is 6.51. The highest BCUT2D eigenvalue weighted by molar-refractivity contribution is 6.43. The molecule has 2 rings (SSSR count). The predicted octanol–water partition coefficient (Wildman–Crippen LogP) is 2.44. The number of hydrogen-bond acceptors (Lipinski definition) is 7. The summed E-state index contributed by atoms with van der Waals surface area (Å²) in [6.45, 7) is 1.83. The van der Waals surface area contributed by atoms with Crippen molar-refractivity contribution in [3.63, 3.8) is 0 Å². The number of rotatable bonds is 10. The summed E-state index contributed by atoms with van der Waals surface area (Å²) < 4.78 is 43.9. The van der Waals surface area contributed by atoms with Crippen LogP contribution in [0.2, 0.25) is 0 Å². The van der Waals surface area contributed by atoms with Crippen LogP contribution in [0.15, 0.2) is 42.0 Å². The summed E-state index contributed by atoms with van der Waals surface area (Å²) in [5.74, 6) is -1.68. The molecular weight excluding hydrogens is 504 g/mol. The molecule has 13 heteroatoms. The van der Waals surface area contributed by atoms with E-state index in [-0.39, 0.29) is 25.1 Å². The highest BCUT2D eigenvalue weighted by Gasteiger charge is 2.36. The van der Waals surface area contributed by atoms with Gasteiger partial charge in [-0.25, -0.2) is 4.79 Å². The van der Waals surface area contributed by atoms with E-state index in [2.05, 4.69) is 5.32 Å². The van der Waals surface area contributed by atoms with Gasteiger partial charge in [-0.1, -0.05) is 30.3 Å². The molecule has 3 N–H and O–H groups in total. The molecule has 2 atom stereocenters. The Labute approximate surface area is 221 Å². The second-order valence-corrected chi connectivity index (χ2v) is 9.90. The fraction of sp³-hybridized carbons (Fsp3) is 0.560. The quantitative estimate of drug-likeness (QED) is 0.237. The summed E-state index contributed by atoms with van der Waals surface area (Å²) in [4.78, 5) is 28.0. The normalized spacial score (nSPS) is 17.5. The summed E-state index contributed by atoms with van der Waals surface area (Å²) in [6.07, 6.45) is -2.09. The van der Waals surface area contributed by atoms with Gasteiger partial charge in [0.05, 0.1) is 18.5 Å². The Morgan fingerprint density at radius 3 is 2.53 bits per heavy atom. The van der Waals surface area contributed by atoms with Crippen LogP contribution < -0.4 is 5.32 Å². The standard InChI is InChI=1S/C25H34BF3N4O5/c1-24(2,32(3)17-25(27,28)29)14-19(15-30)22(34)33-12-8-7-11-20(33)16-38-23(35)31-21(26(36)37)13-18-9-5-4-6-10-18/h4-6,9-10,14,20-21,36-37H,7-8,11-13,16-17H2,1-3H3,(H,31,35)/t20?,21-/m0/s1. The van der Waals surface area contributed by atoms with Crippen molar-refractivity contribution in [3.05, 3.63) is 47.5 Å². The number of nitrogens with zero attached hydrogens (tertiary/aromatic N) is 3. The summed E-state index contributed by atoms with van der Waals surface area (Å²) in [5.41, 5.74) is -0.766. The lowest BCUT2D eigenvalue weighted by Gasteiger charge is -2.37. The molecule has 0 aromatic heterocycles. The van der Waals surface area contributed by atoms with Crippen LogP contribution in [0, 0.1) is 11.3 Å². The van der Waals surface area contributed by atoms with Crippen LogP contribution in [0.4, 0.5) is 18.0 Å². The molecule has 1 fully saturated rings. The van der Waals surface area contributed by atoms with Gasteiger partial charge in [-0.3, -0.25) is 9.69 Å². The maximum absolute atomic E-state index is 13.2. The molecule has 1 unspecified atom stereocenters. The Hall–Kier alpha value is -3.08. The highest BCUT2D eigenvalue weighted by atomic mass is 19.4. The Kier molecular flexibility index (Phi) is 11.2. The molecule has 0 bridgehead atoms. The second-order valence-electron chi connectivity index (χ2n) is 9.90. The summed E-state index contributed by atoms with van der Waals surface area (Å²) in [5, 5.41) is 31.4. The van der Waals surface area contributed by atoms with E-state index in [1.807, 2.05) is 6.07 Å². The van der Waals surface area contributed by atoms with Gasteiger partial charge in [-0.15, -0.1) is 0 Å². The number of carbonyl (C=O) groups is 2. The van der Waals surface area contributed by atoms with E-state index < -0.39 is 49.4 Å². The zero-order chi connectivity index (χ0) is 28.5. The topological polar surface area (TPSA) is 126 Å². The van der Waals surface area contributed by atoms with Gasteiger partial charge in [0.25, 0.3) is 5.91 Å². The monoisotopic (exact) mass is 538 g/mol. The number of benzene rings is 1. The molecule has 2 amide bonds. The van der Waals surface area contributed by atoms with Crippen LogP contribution in [-0.4, -0.2) is 89.4 Å². The van der Waals surface area contributed by atoms with Gasteiger partial charge in [0.1, 0.15) is 18.2 Å². The third-order valence-electron chi connectivity index (χ3n) is 6.51. The number of carbonyl (C=O) groups excluding carboxylic acids is 2. The first-order valence-corrected chi connectivity index (χ1v) is 12.3. The number of amides is 2. The number of likely N-dealkylation sites (N-methyl/N-ethyl adjacent to an activating group) is 1. The van der Waals surface area contributed by atoms with Crippen molar-refractivity contribution in [2.75, 3.05) is 26.7 Å². The van der Waals surface area contributed by atoms with Gasteiger partial charge < -0.3 is 25.0 Å². The van der Waals surface area contributed by atoms with Gasteiger partial charge in [0, 0.05) is 12.1 Å². The summed E-state index contributed by atoms with van der Waals surface area (Å²) in [6, 6.07) is 10.2. The molecule has 208 valence electrons. The van der Waals surface area contributed by atoms with E-state index >= 15 is 0 Å². The van der Waals surface area contributed by atoms with Crippen molar-refractivity contribution < 1.29 is 37.5 Å². The Bertz CT molecular complexity index is 1010. The van der Waals surface area contributed by atoms with Gasteiger partial charge in [0.15, 0.2) is 0 Å². The SMILES string of the molecule is CN(CC(F)(F)F)C(C)(C)C=C(C#N)C(=O)N1CCCCC1COC(=O)N[C@@H](Cc1ccccc1)B(O)O. The molecule has 38 heavy (non-hydrogen) atoms. The molecule has 1 aliphatic heterocycles. The van der Waals surface area contributed by atoms with Gasteiger partial charge in [0.2, 0.25) is 0 Å². The molecule has 1 aromatic rings. The summed E-state index contributed by atoms with van der Waals surface area (Å²) >= 11 is 0. The largest absolute Gasteiger partial charge is 0.475 e. The number of piperidine rings is 1. The minimum absolute atomic E-state index is 0.149. The zero-order valence-electron chi connectivity index (χ0n) is 21.7. The van der Waals surface area contributed by atoms with Gasteiger partial charge in [-0.2, -0.15) is 18.4 Å². The Morgan fingerprint density at radius 2 is 1.95 bits per heavy atom. The molecule has 1 aliphatic rings. The average Bonchev–Trinajstić information content (AvgIpc) is 2.85. The minimum atomic E-state index is -4.45. The number of likely N-dealkylation sites (tertiary alicyclic amines) is 1. The van der Waals surface area contributed by atoms with E-state index in [0.717, 1.165) is 16.9 Å². The van der Waals surface area contributed by atoms with E-state index in [1.54, 1.807) is 30.3 Å². The molecule has 0 spiro atoms. The van der Waals surface area contributed by atoms with Crippen molar-refractivity contribution in [1.29, 1.82) is 5.26 Å². The van der Waals surface area contributed by atoms with Crippen molar-refractivity contribution in [2.24, 2.45) is 0 Å².